The third kappa shape index (κ3) is 8.58. The van der Waals surface area contributed by atoms with E-state index in [0.29, 0.717) is 5.41 Å². The Hall–Kier alpha value is -0.160. The van der Waals surface area contributed by atoms with Crippen molar-refractivity contribution in [2.45, 2.75) is 27.7 Å². The third-order valence-corrected chi connectivity index (χ3v) is 3.39. The lowest BCUT2D eigenvalue weighted by Gasteiger charge is -2.37. The normalized spacial score (nSPS) is 18.9. The lowest BCUT2D eigenvalue weighted by atomic mass is 9.96. The minimum absolute atomic E-state index is 0.414. The zero-order chi connectivity index (χ0) is 14.1. The van der Waals surface area contributed by atoms with E-state index >= 15 is 0 Å². The van der Waals surface area contributed by atoms with E-state index in [0.717, 1.165) is 32.8 Å². The number of likely N-dealkylation sites (N-methyl/N-ethyl adjacent to an activating group) is 1. The van der Waals surface area contributed by atoms with Crippen LogP contribution < -0.4 is 5.32 Å². The van der Waals surface area contributed by atoms with E-state index in [1.165, 1.54) is 32.7 Å². The molecule has 114 valence electrons. The number of hydrogen-bond donors (Lipinski definition) is 1. The molecule has 1 N–H and O–H groups in total. The summed E-state index contributed by atoms with van der Waals surface area (Å²) in [5.74, 6) is 0. The van der Waals surface area contributed by atoms with Gasteiger partial charge in [0, 0.05) is 45.8 Å². The largest absolute Gasteiger partial charge is 0.379 e. The molecule has 1 saturated heterocycles. The molecule has 1 aliphatic rings. The predicted octanol–water partition coefficient (Wildman–Crippen LogP) is 1.28. The molecule has 0 atom stereocenters. The Morgan fingerprint density at radius 2 is 1.63 bits per heavy atom. The van der Waals surface area contributed by atoms with E-state index in [-0.39, 0.29) is 0 Å². The van der Waals surface area contributed by atoms with E-state index in [1.807, 2.05) is 0 Å². The van der Waals surface area contributed by atoms with Gasteiger partial charge >= 0.3 is 0 Å². The number of ether oxygens (including phenoxy) is 1. The number of nitrogens with one attached hydrogen (secondary N) is 1. The number of piperazine rings is 1. The number of hydrogen-bond acceptors (Lipinski definition) is 4. The first-order chi connectivity index (χ1) is 9.01. The van der Waals surface area contributed by atoms with Crippen LogP contribution in [0, 0.1) is 5.41 Å². The number of nitrogens with zero attached hydrogens (tertiary/aromatic N) is 2. The van der Waals surface area contributed by atoms with Gasteiger partial charge in [0.2, 0.25) is 0 Å². The van der Waals surface area contributed by atoms with Gasteiger partial charge in [0.25, 0.3) is 0 Å². The van der Waals surface area contributed by atoms with Gasteiger partial charge in [0.15, 0.2) is 0 Å². The zero-order valence-corrected chi connectivity index (χ0v) is 13.4. The molecule has 19 heavy (non-hydrogen) atoms. The molecular formula is C15H33N3O. The summed E-state index contributed by atoms with van der Waals surface area (Å²) in [6.07, 6.45) is 0. The second kappa shape index (κ2) is 8.90. The molecule has 0 radical (unpaired) electrons. The average Bonchev–Trinajstić information content (AvgIpc) is 2.34. The van der Waals surface area contributed by atoms with Crippen molar-refractivity contribution in [2.75, 3.05) is 65.6 Å². The first-order valence-electron chi connectivity index (χ1n) is 7.74. The molecule has 4 nitrogen and oxygen atoms in total. The minimum atomic E-state index is 0.414. The molecule has 0 aromatic carbocycles. The van der Waals surface area contributed by atoms with Crippen molar-refractivity contribution in [1.82, 2.24) is 15.1 Å². The Morgan fingerprint density at radius 3 is 2.21 bits per heavy atom. The average molecular weight is 271 g/mol. The fourth-order valence-electron chi connectivity index (χ4n) is 2.46. The highest BCUT2D eigenvalue weighted by Crippen LogP contribution is 2.16. The van der Waals surface area contributed by atoms with Crippen LogP contribution in [0.2, 0.25) is 0 Å². The van der Waals surface area contributed by atoms with Crippen LogP contribution in [-0.2, 0) is 4.74 Å². The van der Waals surface area contributed by atoms with Crippen LogP contribution in [0.1, 0.15) is 27.7 Å². The highest BCUT2D eigenvalue weighted by Gasteiger charge is 2.21. The quantitative estimate of drug-likeness (QED) is 0.673. The molecular weight excluding hydrogens is 238 g/mol. The lowest BCUT2D eigenvalue weighted by Crippen LogP contribution is -2.49. The molecule has 0 spiro atoms. The Morgan fingerprint density at radius 1 is 1.00 bits per heavy atom. The molecule has 0 amide bonds. The smallest absolute Gasteiger partial charge is 0.0594 e. The van der Waals surface area contributed by atoms with Crippen molar-refractivity contribution >= 4 is 0 Å². The highest BCUT2D eigenvalue weighted by molar-refractivity contribution is 4.76. The van der Waals surface area contributed by atoms with Crippen molar-refractivity contribution in [1.29, 1.82) is 0 Å². The van der Waals surface area contributed by atoms with Crippen molar-refractivity contribution < 1.29 is 4.74 Å². The van der Waals surface area contributed by atoms with Crippen molar-refractivity contribution in [2.24, 2.45) is 5.41 Å². The topological polar surface area (TPSA) is 27.7 Å². The molecule has 1 rings (SSSR count). The van der Waals surface area contributed by atoms with Gasteiger partial charge in [-0.3, -0.25) is 4.90 Å². The standard InChI is InChI=1S/C15H33N3O/c1-5-16-6-12-19-13-11-17-7-9-18(10-8-17)14-15(2,3)4/h16H,5-14H2,1-4H3. The third-order valence-electron chi connectivity index (χ3n) is 3.39. The van der Waals surface area contributed by atoms with E-state index < -0.39 is 0 Å². The zero-order valence-electron chi connectivity index (χ0n) is 13.4. The van der Waals surface area contributed by atoms with Crippen LogP contribution in [0.5, 0.6) is 0 Å². The van der Waals surface area contributed by atoms with E-state index in [9.17, 15) is 0 Å². The summed E-state index contributed by atoms with van der Waals surface area (Å²) in [5.41, 5.74) is 0.414. The van der Waals surface area contributed by atoms with Crippen molar-refractivity contribution in [3.05, 3.63) is 0 Å². The molecule has 0 aromatic heterocycles. The maximum Gasteiger partial charge on any atom is 0.0594 e. The second-order valence-corrected chi connectivity index (χ2v) is 6.64. The summed E-state index contributed by atoms with van der Waals surface area (Å²) in [7, 11) is 0. The van der Waals surface area contributed by atoms with Crippen LogP contribution in [0.15, 0.2) is 0 Å². The van der Waals surface area contributed by atoms with Crippen LogP contribution in [0.3, 0.4) is 0 Å². The maximum absolute atomic E-state index is 5.63. The lowest BCUT2D eigenvalue weighted by molar-refractivity contribution is 0.0660. The van der Waals surface area contributed by atoms with Crippen LogP contribution in [0.25, 0.3) is 0 Å². The van der Waals surface area contributed by atoms with Gasteiger partial charge < -0.3 is 15.0 Å². The first-order valence-corrected chi connectivity index (χ1v) is 7.74. The van der Waals surface area contributed by atoms with Gasteiger partial charge in [-0.05, 0) is 12.0 Å². The van der Waals surface area contributed by atoms with Gasteiger partial charge in [-0.2, -0.15) is 0 Å². The van der Waals surface area contributed by atoms with Crippen LogP contribution in [-0.4, -0.2) is 75.4 Å². The van der Waals surface area contributed by atoms with Gasteiger partial charge in [0.1, 0.15) is 0 Å². The van der Waals surface area contributed by atoms with Gasteiger partial charge in [0.05, 0.1) is 13.2 Å². The minimum Gasteiger partial charge on any atom is -0.379 e. The summed E-state index contributed by atoms with van der Waals surface area (Å²) in [5, 5.41) is 3.27. The van der Waals surface area contributed by atoms with E-state index in [1.54, 1.807) is 0 Å². The molecule has 0 saturated carbocycles. The maximum atomic E-state index is 5.63. The Kier molecular flexibility index (Phi) is 7.91. The van der Waals surface area contributed by atoms with Gasteiger partial charge in [-0.1, -0.05) is 27.7 Å². The fraction of sp³-hybridized carbons (Fsp3) is 1.00. The molecule has 1 heterocycles. The Labute approximate surface area is 119 Å². The Bertz CT molecular complexity index is 220. The van der Waals surface area contributed by atoms with E-state index in [4.69, 9.17) is 4.74 Å². The molecule has 0 bridgehead atoms. The summed E-state index contributed by atoms with van der Waals surface area (Å²) >= 11 is 0. The molecule has 1 aliphatic heterocycles. The molecule has 4 heteroatoms. The monoisotopic (exact) mass is 271 g/mol. The number of rotatable bonds is 8. The molecule has 1 fully saturated rings. The summed E-state index contributed by atoms with van der Waals surface area (Å²) < 4.78 is 5.63. The van der Waals surface area contributed by atoms with Gasteiger partial charge in [-0.25, -0.2) is 0 Å². The van der Waals surface area contributed by atoms with Crippen molar-refractivity contribution in [3.63, 3.8) is 0 Å². The summed E-state index contributed by atoms with van der Waals surface area (Å²) in [6.45, 7) is 19.8. The molecule has 0 aliphatic carbocycles. The first kappa shape index (κ1) is 16.9. The summed E-state index contributed by atoms with van der Waals surface area (Å²) in [4.78, 5) is 5.11. The van der Waals surface area contributed by atoms with Crippen LogP contribution >= 0.6 is 0 Å². The Balaban J connectivity index is 2.01. The van der Waals surface area contributed by atoms with Gasteiger partial charge in [-0.15, -0.1) is 0 Å². The van der Waals surface area contributed by atoms with E-state index in [2.05, 4.69) is 42.8 Å². The predicted molar refractivity (Wildman–Crippen MR) is 81.7 cm³/mol. The summed E-state index contributed by atoms with van der Waals surface area (Å²) in [6, 6.07) is 0. The highest BCUT2D eigenvalue weighted by atomic mass is 16.5. The SMILES string of the molecule is CCNCCOCCN1CCN(CC(C)(C)C)CC1. The molecule has 0 aromatic rings. The molecule has 0 unspecified atom stereocenters. The second-order valence-electron chi connectivity index (χ2n) is 6.64. The van der Waals surface area contributed by atoms with Crippen LogP contribution in [0.4, 0.5) is 0 Å². The fourth-order valence-corrected chi connectivity index (χ4v) is 2.46. The van der Waals surface area contributed by atoms with Crippen molar-refractivity contribution in [3.8, 4) is 0 Å².